The maximum absolute atomic E-state index is 13.2. The zero-order valence-corrected chi connectivity index (χ0v) is 28.9. The van der Waals surface area contributed by atoms with Crippen LogP contribution in [0.15, 0.2) is 71.7 Å². The molecule has 3 N–H and O–H groups in total. The minimum atomic E-state index is -2.43. The maximum atomic E-state index is 13.2. The molecular formula is C34H37ClN6O6Si. The molecule has 5 rings (SSSR count). The molecular weight excluding hydrogens is 652 g/mol. The van der Waals surface area contributed by atoms with E-state index in [1.54, 1.807) is 56.6 Å². The van der Waals surface area contributed by atoms with Crippen molar-refractivity contribution in [2.45, 2.75) is 38.9 Å². The zero-order chi connectivity index (χ0) is 34.4. The van der Waals surface area contributed by atoms with Crippen LogP contribution in [-0.2, 0) is 9.59 Å². The zero-order valence-electron chi connectivity index (χ0n) is 27.1. The number of amides is 2. The number of hydrogen-bond acceptors (Lipinski definition) is 9. The quantitative estimate of drug-likeness (QED) is 0.177. The van der Waals surface area contributed by atoms with Gasteiger partial charge in [-0.25, -0.2) is 0 Å². The van der Waals surface area contributed by atoms with Crippen molar-refractivity contribution in [1.29, 1.82) is 0 Å². The number of nitrogens with one attached hydrogen (secondary N) is 2. The van der Waals surface area contributed by atoms with E-state index in [9.17, 15) is 19.2 Å². The molecule has 48 heavy (non-hydrogen) atoms. The predicted molar refractivity (Wildman–Crippen MR) is 184 cm³/mol. The van der Waals surface area contributed by atoms with E-state index in [1.807, 2.05) is 41.8 Å². The van der Waals surface area contributed by atoms with Crippen molar-refractivity contribution in [3.63, 3.8) is 0 Å². The van der Waals surface area contributed by atoms with E-state index in [0.717, 1.165) is 16.8 Å². The highest BCUT2D eigenvalue weighted by atomic mass is 35.5. The number of ether oxygens (including phenoxy) is 2. The van der Waals surface area contributed by atoms with Crippen molar-refractivity contribution in [3.05, 3.63) is 100 Å². The van der Waals surface area contributed by atoms with Crippen LogP contribution in [0.25, 0.3) is 5.69 Å². The van der Waals surface area contributed by atoms with Crippen LogP contribution in [0.2, 0.25) is 18.1 Å². The van der Waals surface area contributed by atoms with Gasteiger partial charge >= 0.3 is 0 Å². The fraction of sp³-hybridized carbons (Fsp3) is 0.294. The molecule has 1 aliphatic rings. The van der Waals surface area contributed by atoms with Crippen molar-refractivity contribution < 1.29 is 28.7 Å². The van der Waals surface area contributed by atoms with Gasteiger partial charge in [0.1, 0.15) is 23.4 Å². The summed E-state index contributed by atoms with van der Waals surface area (Å²) in [5.74, 6) is 1.28. The molecule has 0 radical (unpaired) electrons. The first-order chi connectivity index (χ1) is 22.9. The molecule has 0 saturated carbocycles. The van der Waals surface area contributed by atoms with Gasteiger partial charge in [-0.3, -0.25) is 23.9 Å². The molecule has 0 bridgehead atoms. The molecule has 1 aromatic heterocycles. The first-order valence-electron chi connectivity index (χ1n) is 15.4. The monoisotopic (exact) mass is 688 g/mol. The van der Waals surface area contributed by atoms with E-state index in [1.165, 1.54) is 0 Å². The van der Waals surface area contributed by atoms with Crippen LogP contribution in [-0.4, -0.2) is 77.6 Å². The summed E-state index contributed by atoms with van der Waals surface area (Å²) in [6.07, 6.45) is 0.208. The summed E-state index contributed by atoms with van der Waals surface area (Å²) in [6.45, 7) is 5.19. The third-order valence-electron chi connectivity index (χ3n) is 7.54. The summed E-state index contributed by atoms with van der Waals surface area (Å²) < 4.78 is 13.1. The lowest BCUT2D eigenvalue weighted by Crippen LogP contribution is -2.42. The van der Waals surface area contributed by atoms with Crippen molar-refractivity contribution >= 4 is 43.2 Å². The minimum absolute atomic E-state index is 0.0496. The number of rotatable bonds is 13. The molecule has 4 aromatic rings. The van der Waals surface area contributed by atoms with Gasteiger partial charge in [0, 0.05) is 34.3 Å². The first kappa shape index (κ1) is 34.5. The van der Waals surface area contributed by atoms with Gasteiger partial charge in [0.15, 0.2) is 11.6 Å². The molecule has 0 fully saturated rings. The topological polar surface area (TPSA) is 157 Å². The molecule has 250 valence electrons. The molecule has 1 atom stereocenters. The molecule has 3 aromatic carbocycles. The summed E-state index contributed by atoms with van der Waals surface area (Å²) in [4.78, 5) is 53.3. The van der Waals surface area contributed by atoms with Gasteiger partial charge < -0.3 is 24.9 Å². The van der Waals surface area contributed by atoms with Gasteiger partial charge in [-0.05, 0) is 68.5 Å². The summed E-state index contributed by atoms with van der Waals surface area (Å²) in [5.41, 5.74) is 3.39. The molecule has 2 amide bonds. The molecule has 0 aliphatic carbocycles. The average molecular weight is 689 g/mol. The Hall–Kier alpha value is -4.85. The number of carbonyl (C=O) groups is 3. The number of aliphatic imine (C=N–C) groups is 1. The van der Waals surface area contributed by atoms with Crippen LogP contribution in [0.1, 0.15) is 52.0 Å². The number of Topliss-reactive ketones (excluding diaryl/α,β-unsaturated/α-hetero) is 1. The second-order valence-electron chi connectivity index (χ2n) is 12.0. The van der Waals surface area contributed by atoms with Gasteiger partial charge in [0.25, 0.3) is 5.91 Å². The van der Waals surface area contributed by atoms with Crippen molar-refractivity contribution in [2.75, 3.05) is 26.4 Å². The SMILES string of the molecule is COc1ccc2c(c1)C(c1ccc(Cl)cc1)=N[C@@H](CC(=O)NCC(=O)CCOc1cccc(C(=O)NC[Si](C)(C)O)c1)c1nnc(C)n1-2. The van der Waals surface area contributed by atoms with E-state index in [-0.39, 0.29) is 49.8 Å². The number of fused-ring (bicyclic) bond motifs is 3. The second-order valence-corrected chi connectivity index (χ2v) is 16.4. The Balaban J connectivity index is 1.23. The van der Waals surface area contributed by atoms with Gasteiger partial charge in [0.2, 0.25) is 14.2 Å². The van der Waals surface area contributed by atoms with E-state index in [4.69, 9.17) is 26.1 Å². The highest BCUT2D eigenvalue weighted by Gasteiger charge is 2.30. The third-order valence-corrected chi connectivity index (χ3v) is 8.83. The van der Waals surface area contributed by atoms with Crippen LogP contribution in [0.5, 0.6) is 11.5 Å². The van der Waals surface area contributed by atoms with Crippen LogP contribution in [0.3, 0.4) is 0 Å². The average Bonchev–Trinajstić information content (AvgIpc) is 3.39. The number of ketones is 1. The van der Waals surface area contributed by atoms with E-state index >= 15 is 0 Å². The van der Waals surface area contributed by atoms with E-state index in [2.05, 4.69) is 20.8 Å². The molecule has 0 unspecified atom stereocenters. The number of nitrogens with zero attached hydrogens (tertiary/aromatic N) is 4. The number of methoxy groups -OCH3 is 1. The summed E-state index contributed by atoms with van der Waals surface area (Å²) in [6, 6.07) is 18.8. The van der Waals surface area contributed by atoms with Gasteiger partial charge in [-0.15, -0.1) is 10.2 Å². The highest BCUT2D eigenvalue weighted by molar-refractivity contribution is 6.70. The fourth-order valence-electron chi connectivity index (χ4n) is 5.12. The first-order valence-corrected chi connectivity index (χ1v) is 18.9. The number of aryl methyl sites for hydroxylation is 1. The normalized spacial score (nSPS) is 13.8. The number of halogens is 1. The smallest absolute Gasteiger partial charge is 0.251 e. The number of carbonyl (C=O) groups excluding carboxylic acids is 3. The van der Waals surface area contributed by atoms with Gasteiger partial charge in [-0.1, -0.05) is 29.8 Å². The Morgan fingerprint density at radius 1 is 1.00 bits per heavy atom. The molecule has 14 heteroatoms. The second kappa shape index (κ2) is 14.9. The summed E-state index contributed by atoms with van der Waals surface area (Å²) in [5, 5.41) is 14.7. The molecule has 1 aliphatic heterocycles. The third kappa shape index (κ3) is 8.54. The highest BCUT2D eigenvalue weighted by Crippen LogP contribution is 2.34. The Morgan fingerprint density at radius 2 is 1.77 bits per heavy atom. The lowest BCUT2D eigenvalue weighted by Gasteiger charge is -2.15. The van der Waals surface area contributed by atoms with Crippen LogP contribution in [0.4, 0.5) is 0 Å². The van der Waals surface area contributed by atoms with Crippen LogP contribution >= 0.6 is 11.6 Å². The number of hydrogen-bond donors (Lipinski definition) is 3. The van der Waals surface area contributed by atoms with Crippen molar-refractivity contribution in [2.24, 2.45) is 4.99 Å². The lowest BCUT2D eigenvalue weighted by molar-refractivity contribution is -0.125. The number of aromatic nitrogens is 3. The van der Waals surface area contributed by atoms with Crippen molar-refractivity contribution in [1.82, 2.24) is 25.4 Å². The van der Waals surface area contributed by atoms with Crippen LogP contribution in [0, 0.1) is 6.92 Å². The molecule has 12 nitrogen and oxygen atoms in total. The Kier molecular flexibility index (Phi) is 10.7. The van der Waals surface area contributed by atoms with Gasteiger partial charge in [-0.2, -0.15) is 0 Å². The summed E-state index contributed by atoms with van der Waals surface area (Å²) >= 11 is 6.18. The Morgan fingerprint density at radius 3 is 2.50 bits per heavy atom. The largest absolute Gasteiger partial charge is 0.497 e. The van der Waals surface area contributed by atoms with Crippen LogP contribution < -0.4 is 20.1 Å². The standard InChI is InChI=1S/C34H37ClN6O6Si/c1-21-39-40-33-29(38-32(22-8-10-24(35)11-9-22)28-17-26(46-2)12-13-30(28)41(21)33)18-31(43)36-19-25(42)14-15-47-27-7-5-6-23(16-27)34(44)37-20-48(3,4)45/h5-13,16-17,29,45H,14-15,18-20H2,1-4H3,(H,36,43)(H,37,44)/t29-/m0/s1. The Bertz CT molecular complexity index is 1850. The summed E-state index contributed by atoms with van der Waals surface area (Å²) in [7, 11) is -0.842. The maximum Gasteiger partial charge on any atom is 0.251 e. The molecule has 0 saturated heterocycles. The Labute approximate surface area is 284 Å². The number of benzene rings is 3. The van der Waals surface area contributed by atoms with E-state index < -0.39 is 14.4 Å². The minimum Gasteiger partial charge on any atom is -0.497 e. The van der Waals surface area contributed by atoms with Gasteiger partial charge in [0.05, 0.1) is 38.1 Å². The van der Waals surface area contributed by atoms with E-state index in [0.29, 0.717) is 39.4 Å². The predicted octanol–water partition coefficient (Wildman–Crippen LogP) is 4.14. The lowest BCUT2D eigenvalue weighted by atomic mass is 10.00. The van der Waals surface area contributed by atoms with Crippen molar-refractivity contribution in [3.8, 4) is 17.2 Å². The fourth-order valence-corrected chi connectivity index (χ4v) is 5.84. The molecule has 0 spiro atoms. The molecule has 2 heterocycles.